The van der Waals surface area contributed by atoms with Crippen molar-refractivity contribution in [3.8, 4) is 11.8 Å². The number of carboxylic acids is 1. The Balaban J connectivity index is 1.53. The molecule has 0 aromatic heterocycles. The third-order valence-electron chi connectivity index (χ3n) is 7.10. The van der Waals surface area contributed by atoms with E-state index in [0.717, 1.165) is 11.1 Å². The Hall–Kier alpha value is -3.90. The van der Waals surface area contributed by atoms with Crippen LogP contribution in [0.4, 0.5) is 5.69 Å². The highest BCUT2D eigenvalue weighted by Gasteiger charge is 2.61. The fourth-order valence-corrected chi connectivity index (χ4v) is 5.12. The van der Waals surface area contributed by atoms with Crippen molar-refractivity contribution >= 4 is 23.5 Å². The van der Waals surface area contributed by atoms with Crippen molar-refractivity contribution in [2.45, 2.75) is 50.5 Å². The predicted octanol–water partition coefficient (Wildman–Crippen LogP) is 3.41. The quantitative estimate of drug-likeness (QED) is 0.450. The van der Waals surface area contributed by atoms with Gasteiger partial charge in [0.15, 0.2) is 0 Å². The van der Waals surface area contributed by atoms with Gasteiger partial charge in [-0.2, -0.15) is 5.26 Å². The summed E-state index contributed by atoms with van der Waals surface area (Å²) in [6.45, 7) is 2.75. The highest BCUT2D eigenvalue weighted by atomic mass is 16.5. The van der Waals surface area contributed by atoms with Gasteiger partial charge >= 0.3 is 5.97 Å². The number of amides is 2. The molecule has 2 aliphatic rings. The lowest BCUT2D eigenvalue weighted by Gasteiger charge is -2.27. The van der Waals surface area contributed by atoms with E-state index in [1.165, 1.54) is 0 Å². The molecule has 1 heterocycles. The summed E-state index contributed by atoms with van der Waals surface area (Å²) in [5.74, 6) is -0.874. The van der Waals surface area contributed by atoms with Gasteiger partial charge in [-0.05, 0) is 68.5 Å². The smallest absolute Gasteiger partial charge is 0.303 e. The normalized spacial score (nSPS) is 20.2. The molecule has 2 amide bonds. The van der Waals surface area contributed by atoms with Crippen molar-refractivity contribution in [1.29, 1.82) is 5.26 Å². The van der Waals surface area contributed by atoms with E-state index in [4.69, 9.17) is 14.6 Å². The molecule has 1 saturated carbocycles. The molecule has 1 aliphatic carbocycles. The average molecular weight is 506 g/mol. The molecule has 3 atom stereocenters. The van der Waals surface area contributed by atoms with Crippen LogP contribution in [0.3, 0.4) is 0 Å². The first-order valence-electron chi connectivity index (χ1n) is 12.4. The zero-order valence-electron chi connectivity index (χ0n) is 21.0. The van der Waals surface area contributed by atoms with E-state index >= 15 is 0 Å². The molecule has 3 N–H and O–H groups in total. The van der Waals surface area contributed by atoms with Gasteiger partial charge in [-0.25, -0.2) is 0 Å². The fraction of sp³-hybridized carbons (Fsp3) is 0.429. The van der Waals surface area contributed by atoms with Crippen LogP contribution >= 0.6 is 0 Å². The number of nitrogens with one attached hydrogen (secondary N) is 2. The number of hydrogen-bond donors (Lipinski definition) is 3. The van der Waals surface area contributed by atoms with E-state index in [1.807, 2.05) is 13.0 Å². The first-order chi connectivity index (χ1) is 17.8. The molecule has 1 aliphatic heterocycles. The number of nitrogens with zero attached hydrogens (tertiary/aromatic N) is 1. The maximum atomic E-state index is 13.4. The summed E-state index contributed by atoms with van der Waals surface area (Å²) in [5, 5.41) is 24.2. The highest BCUT2D eigenvalue weighted by molar-refractivity contribution is 5.98. The van der Waals surface area contributed by atoms with Crippen LogP contribution in [0.5, 0.6) is 5.75 Å². The second kappa shape index (κ2) is 11.0. The molecule has 2 aromatic carbocycles. The fourth-order valence-electron chi connectivity index (χ4n) is 5.12. The number of methoxy groups -OCH3 is 1. The lowest BCUT2D eigenvalue weighted by molar-refractivity contribution is -0.137. The van der Waals surface area contributed by atoms with E-state index in [-0.39, 0.29) is 30.2 Å². The lowest BCUT2D eigenvalue weighted by atomic mass is 9.86. The molecule has 9 nitrogen and oxygen atoms in total. The summed E-state index contributed by atoms with van der Waals surface area (Å²) >= 11 is 0. The van der Waals surface area contributed by atoms with Crippen LogP contribution in [0.25, 0.3) is 0 Å². The van der Waals surface area contributed by atoms with Gasteiger partial charge in [0.2, 0.25) is 5.91 Å². The molecule has 0 radical (unpaired) electrons. The number of benzene rings is 2. The minimum Gasteiger partial charge on any atom is -0.493 e. The van der Waals surface area contributed by atoms with Gasteiger partial charge in [-0.3, -0.25) is 14.4 Å². The van der Waals surface area contributed by atoms with Gasteiger partial charge in [0.05, 0.1) is 24.8 Å². The Morgan fingerprint density at radius 1 is 1.27 bits per heavy atom. The van der Waals surface area contributed by atoms with Crippen molar-refractivity contribution in [3.05, 3.63) is 58.7 Å². The molecule has 9 heteroatoms. The summed E-state index contributed by atoms with van der Waals surface area (Å²) < 4.78 is 10.9. The minimum absolute atomic E-state index is 0.0239. The third kappa shape index (κ3) is 5.75. The summed E-state index contributed by atoms with van der Waals surface area (Å²) in [7, 11) is 1.58. The van der Waals surface area contributed by atoms with Crippen molar-refractivity contribution < 1.29 is 29.0 Å². The molecule has 194 valence electrons. The van der Waals surface area contributed by atoms with Crippen molar-refractivity contribution in [2.24, 2.45) is 5.92 Å². The second-order valence-electron chi connectivity index (χ2n) is 9.77. The molecule has 1 fully saturated rings. The molecule has 4 rings (SSSR count). The maximum Gasteiger partial charge on any atom is 0.303 e. The Labute approximate surface area is 215 Å². The van der Waals surface area contributed by atoms with Gasteiger partial charge in [0.1, 0.15) is 5.75 Å². The van der Waals surface area contributed by atoms with E-state index in [0.29, 0.717) is 61.5 Å². The van der Waals surface area contributed by atoms with Crippen molar-refractivity contribution in [3.63, 3.8) is 0 Å². The first-order valence-corrected chi connectivity index (χ1v) is 12.4. The van der Waals surface area contributed by atoms with Crippen molar-refractivity contribution in [2.75, 3.05) is 25.6 Å². The van der Waals surface area contributed by atoms with E-state index in [1.54, 1.807) is 37.4 Å². The predicted molar refractivity (Wildman–Crippen MR) is 136 cm³/mol. The molecule has 0 unspecified atom stereocenters. The standard InChI is InChI=1S/C28H31N3O6/c1-17(16-36-2)30-26(34)20-8-9-24-21(13-20)28(10-11-37-24)14-22(28)27(35)31-23-12-18(15-29)6-7-19(23)4-3-5-25(32)33/h6-9,12-13,17,22H,3-5,10-11,14,16H2,1-2H3,(H,30,34)(H,31,35)(H,32,33)/t17-,22-,28-/m0/s1. The molecule has 2 aromatic rings. The number of fused-ring (bicyclic) bond motifs is 2. The van der Waals surface area contributed by atoms with Crippen LogP contribution in [-0.4, -0.2) is 49.3 Å². The van der Waals surface area contributed by atoms with Crippen LogP contribution in [0.15, 0.2) is 36.4 Å². The zero-order valence-corrected chi connectivity index (χ0v) is 21.0. The van der Waals surface area contributed by atoms with Gasteiger partial charge in [0.25, 0.3) is 5.91 Å². The molecule has 0 saturated heterocycles. The summed E-state index contributed by atoms with van der Waals surface area (Å²) in [5.41, 5.74) is 2.68. The van der Waals surface area contributed by atoms with E-state index in [2.05, 4.69) is 16.7 Å². The Bertz CT molecular complexity index is 1250. The van der Waals surface area contributed by atoms with Gasteiger partial charge in [-0.15, -0.1) is 0 Å². The van der Waals surface area contributed by atoms with Gasteiger partial charge in [-0.1, -0.05) is 6.07 Å². The molecular formula is C28H31N3O6. The average Bonchev–Trinajstić information content (AvgIpc) is 3.59. The monoisotopic (exact) mass is 505 g/mol. The zero-order chi connectivity index (χ0) is 26.6. The Morgan fingerprint density at radius 3 is 2.81 bits per heavy atom. The van der Waals surface area contributed by atoms with Crippen LogP contribution in [0.1, 0.15) is 59.7 Å². The number of nitriles is 1. The summed E-state index contributed by atoms with van der Waals surface area (Å²) in [6.07, 6.45) is 2.21. The second-order valence-corrected chi connectivity index (χ2v) is 9.77. The molecular weight excluding hydrogens is 474 g/mol. The number of ether oxygens (including phenoxy) is 2. The number of carboxylic acid groups (broad SMARTS) is 1. The van der Waals surface area contributed by atoms with Crippen molar-refractivity contribution in [1.82, 2.24) is 5.32 Å². The van der Waals surface area contributed by atoms with Gasteiger partial charge in [0, 0.05) is 47.7 Å². The summed E-state index contributed by atoms with van der Waals surface area (Å²) in [6, 6.07) is 12.3. The molecule has 37 heavy (non-hydrogen) atoms. The number of aryl methyl sites for hydroxylation is 1. The number of carbonyl (C=O) groups is 3. The number of aliphatic carboxylic acids is 1. The molecule has 1 spiro atoms. The SMILES string of the molecule is COC[C@H](C)NC(=O)c1ccc2c(c1)[C@]1(CCO2)C[C@H]1C(=O)Nc1cc(C#N)ccc1CCCC(=O)O. The van der Waals surface area contributed by atoms with E-state index < -0.39 is 11.4 Å². The third-order valence-corrected chi connectivity index (χ3v) is 7.10. The number of anilines is 1. The lowest BCUT2D eigenvalue weighted by Crippen LogP contribution is -2.36. The van der Waals surface area contributed by atoms with Crippen LogP contribution in [0, 0.1) is 17.2 Å². The van der Waals surface area contributed by atoms with E-state index in [9.17, 15) is 19.6 Å². The van der Waals surface area contributed by atoms with Gasteiger partial charge < -0.3 is 25.2 Å². The maximum absolute atomic E-state index is 13.4. The minimum atomic E-state index is -0.876. The molecule has 0 bridgehead atoms. The Kier molecular flexibility index (Phi) is 7.79. The van der Waals surface area contributed by atoms with Crippen LogP contribution < -0.4 is 15.4 Å². The topological polar surface area (TPSA) is 138 Å². The number of rotatable bonds is 10. The van der Waals surface area contributed by atoms with Crippen LogP contribution in [-0.2, 0) is 26.2 Å². The first kappa shape index (κ1) is 26.2. The highest BCUT2D eigenvalue weighted by Crippen LogP contribution is 2.61. The Morgan fingerprint density at radius 2 is 2.08 bits per heavy atom. The summed E-state index contributed by atoms with van der Waals surface area (Å²) in [4.78, 5) is 37.1. The number of hydrogen-bond acceptors (Lipinski definition) is 6. The largest absolute Gasteiger partial charge is 0.493 e. The van der Waals surface area contributed by atoms with Crippen LogP contribution in [0.2, 0.25) is 0 Å². The number of carbonyl (C=O) groups excluding carboxylic acids is 2.